The minimum Gasteiger partial charge on any atom is -0.382 e. The lowest BCUT2D eigenvalue weighted by molar-refractivity contribution is 0.566. The number of benzene rings is 3. The summed E-state index contributed by atoms with van der Waals surface area (Å²) >= 11 is 0.944. The SMILES string of the molecule is Nc1ncc(-c2ccc3nc(N)n(-c4ccccc4)c(=O)c3c2)cc1NSc1ccc(F)cc1F. The minimum atomic E-state index is -0.693. The largest absolute Gasteiger partial charge is 0.382 e. The van der Waals surface area contributed by atoms with E-state index in [-0.39, 0.29) is 22.2 Å². The zero-order valence-electron chi connectivity index (χ0n) is 18.1. The number of pyridine rings is 1. The Labute approximate surface area is 202 Å². The van der Waals surface area contributed by atoms with E-state index in [1.165, 1.54) is 16.7 Å². The first-order valence-corrected chi connectivity index (χ1v) is 11.2. The van der Waals surface area contributed by atoms with Crippen molar-refractivity contribution in [3.63, 3.8) is 0 Å². The summed E-state index contributed by atoms with van der Waals surface area (Å²) in [5, 5.41) is 0.384. The van der Waals surface area contributed by atoms with Crippen LogP contribution in [0.1, 0.15) is 0 Å². The molecule has 0 saturated heterocycles. The lowest BCUT2D eigenvalue weighted by atomic mass is 10.0. The molecule has 3 aromatic carbocycles. The third kappa shape index (κ3) is 4.38. The fraction of sp³-hybridized carbons (Fsp3) is 0. The highest BCUT2D eigenvalue weighted by atomic mass is 32.2. The summed E-state index contributed by atoms with van der Waals surface area (Å²) in [5.74, 6) is -1.06. The predicted molar refractivity (Wildman–Crippen MR) is 135 cm³/mol. The molecule has 0 unspecified atom stereocenters. The Balaban J connectivity index is 1.52. The van der Waals surface area contributed by atoms with Crippen molar-refractivity contribution in [2.45, 2.75) is 4.90 Å². The number of nitrogens with zero attached hydrogens (tertiary/aromatic N) is 3. The van der Waals surface area contributed by atoms with Crippen LogP contribution in [0, 0.1) is 11.6 Å². The molecule has 0 atom stereocenters. The smallest absolute Gasteiger partial charge is 0.267 e. The van der Waals surface area contributed by atoms with E-state index in [4.69, 9.17) is 11.5 Å². The second-order valence-corrected chi connectivity index (χ2v) is 8.46. The van der Waals surface area contributed by atoms with Gasteiger partial charge in [0.05, 0.1) is 27.2 Å². The molecular formula is C25H18F2N6OS. The molecule has 0 amide bonds. The van der Waals surface area contributed by atoms with Crippen molar-refractivity contribution >= 4 is 40.3 Å². The number of aromatic nitrogens is 3. The predicted octanol–water partition coefficient (Wildman–Crippen LogP) is 5.01. The second kappa shape index (κ2) is 9.07. The molecule has 35 heavy (non-hydrogen) atoms. The Bertz CT molecular complexity index is 1620. The molecule has 10 heteroatoms. The third-order valence-corrected chi connectivity index (χ3v) is 6.20. The highest BCUT2D eigenvalue weighted by molar-refractivity contribution is 8.00. The van der Waals surface area contributed by atoms with Crippen LogP contribution >= 0.6 is 11.9 Å². The minimum absolute atomic E-state index is 0.0899. The average Bonchev–Trinajstić information content (AvgIpc) is 2.85. The number of hydrogen-bond acceptors (Lipinski definition) is 7. The number of anilines is 3. The van der Waals surface area contributed by atoms with Crippen molar-refractivity contribution in [3.8, 4) is 16.8 Å². The summed E-state index contributed by atoms with van der Waals surface area (Å²) in [6.07, 6.45) is 1.57. The quantitative estimate of drug-likeness (QED) is 0.298. The molecule has 174 valence electrons. The van der Waals surface area contributed by atoms with Crippen LogP contribution in [0.3, 0.4) is 0 Å². The van der Waals surface area contributed by atoms with Gasteiger partial charge in [-0.1, -0.05) is 24.3 Å². The van der Waals surface area contributed by atoms with Crippen molar-refractivity contribution in [1.82, 2.24) is 14.5 Å². The van der Waals surface area contributed by atoms with Gasteiger partial charge in [-0.2, -0.15) is 0 Å². The van der Waals surface area contributed by atoms with Crippen molar-refractivity contribution in [3.05, 3.63) is 101 Å². The van der Waals surface area contributed by atoms with E-state index in [1.54, 1.807) is 42.6 Å². The second-order valence-electron chi connectivity index (χ2n) is 7.61. The Morgan fingerprint density at radius 2 is 1.71 bits per heavy atom. The van der Waals surface area contributed by atoms with Crippen LogP contribution in [0.25, 0.3) is 27.7 Å². The Hall–Kier alpha value is -4.44. The van der Waals surface area contributed by atoms with Gasteiger partial charge in [0.25, 0.3) is 5.56 Å². The number of hydrogen-bond donors (Lipinski definition) is 3. The molecule has 7 nitrogen and oxygen atoms in total. The van der Waals surface area contributed by atoms with Crippen molar-refractivity contribution in [2.75, 3.05) is 16.2 Å². The van der Waals surface area contributed by atoms with Gasteiger partial charge in [-0.05, 0) is 60.0 Å². The Morgan fingerprint density at radius 3 is 2.49 bits per heavy atom. The molecule has 0 bridgehead atoms. The highest BCUT2D eigenvalue weighted by Crippen LogP contribution is 2.31. The topological polar surface area (TPSA) is 112 Å². The van der Waals surface area contributed by atoms with E-state index in [1.807, 2.05) is 18.2 Å². The average molecular weight is 489 g/mol. The molecule has 0 spiro atoms. The zero-order valence-corrected chi connectivity index (χ0v) is 18.9. The summed E-state index contributed by atoms with van der Waals surface area (Å²) in [5.41, 5.74) is 14.7. The van der Waals surface area contributed by atoms with Gasteiger partial charge in [0.2, 0.25) is 5.95 Å². The normalized spacial score (nSPS) is 11.0. The van der Waals surface area contributed by atoms with Gasteiger partial charge in [-0.15, -0.1) is 0 Å². The van der Waals surface area contributed by atoms with E-state index in [9.17, 15) is 13.6 Å². The van der Waals surface area contributed by atoms with Gasteiger partial charge in [0, 0.05) is 17.8 Å². The van der Waals surface area contributed by atoms with Gasteiger partial charge in [0.15, 0.2) is 0 Å². The van der Waals surface area contributed by atoms with Crippen LogP contribution < -0.4 is 21.7 Å². The highest BCUT2D eigenvalue weighted by Gasteiger charge is 2.13. The number of rotatable bonds is 5. The van der Waals surface area contributed by atoms with Crippen LogP contribution in [0.4, 0.5) is 26.2 Å². The van der Waals surface area contributed by atoms with Crippen LogP contribution in [-0.4, -0.2) is 14.5 Å². The number of nitrogen functional groups attached to an aromatic ring is 2. The van der Waals surface area contributed by atoms with Crippen molar-refractivity contribution in [1.29, 1.82) is 0 Å². The first-order valence-electron chi connectivity index (χ1n) is 10.4. The standard InChI is InChI=1S/C25H18F2N6OS/c26-16-7-9-22(19(27)12-16)35-32-21-11-15(13-30-23(21)28)14-6-8-20-18(10-14)24(34)33(25(29)31-20)17-4-2-1-3-5-17/h1-13,32H,(H2,28,30)(H2,29,31). The van der Waals surface area contributed by atoms with E-state index in [2.05, 4.69) is 14.7 Å². The molecule has 5 aromatic rings. The molecule has 2 aromatic heterocycles. The maximum atomic E-state index is 14.0. The van der Waals surface area contributed by atoms with E-state index in [0.29, 0.717) is 33.4 Å². The fourth-order valence-corrected chi connectivity index (χ4v) is 4.27. The summed E-state index contributed by atoms with van der Waals surface area (Å²) < 4.78 is 31.5. The van der Waals surface area contributed by atoms with Crippen LogP contribution in [0.5, 0.6) is 0 Å². The molecule has 0 fully saturated rings. The van der Waals surface area contributed by atoms with E-state index < -0.39 is 11.6 Å². The molecule has 0 radical (unpaired) electrons. The van der Waals surface area contributed by atoms with Gasteiger partial charge in [-0.3, -0.25) is 4.79 Å². The van der Waals surface area contributed by atoms with Gasteiger partial charge < -0.3 is 16.2 Å². The van der Waals surface area contributed by atoms with Crippen molar-refractivity contribution < 1.29 is 8.78 Å². The number of nitrogens with two attached hydrogens (primary N) is 2. The zero-order chi connectivity index (χ0) is 24.5. The molecular weight excluding hydrogens is 470 g/mol. The molecule has 5 rings (SSSR count). The van der Waals surface area contributed by atoms with Gasteiger partial charge in [0.1, 0.15) is 17.5 Å². The maximum Gasteiger partial charge on any atom is 0.267 e. The number of halogens is 2. The molecule has 0 saturated carbocycles. The Kier molecular flexibility index (Phi) is 5.79. The molecule has 0 aliphatic rings. The van der Waals surface area contributed by atoms with Crippen molar-refractivity contribution in [2.24, 2.45) is 0 Å². The molecule has 2 heterocycles. The Morgan fingerprint density at radius 1 is 0.914 bits per heavy atom. The van der Waals surface area contributed by atoms with Crippen LogP contribution in [0.15, 0.2) is 88.7 Å². The lowest BCUT2D eigenvalue weighted by Gasteiger charge is -2.12. The van der Waals surface area contributed by atoms with Gasteiger partial charge >= 0.3 is 0 Å². The first kappa shape index (κ1) is 22.4. The van der Waals surface area contributed by atoms with Crippen LogP contribution in [0.2, 0.25) is 0 Å². The monoisotopic (exact) mass is 488 g/mol. The molecule has 0 aliphatic carbocycles. The number of nitrogens with one attached hydrogen (secondary N) is 1. The molecule has 5 N–H and O–H groups in total. The summed E-state index contributed by atoms with van der Waals surface area (Å²) in [6.45, 7) is 0. The van der Waals surface area contributed by atoms with Crippen LogP contribution in [-0.2, 0) is 0 Å². The maximum absolute atomic E-state index is 14.0. The van der Waals surface area contributed by atoms with E-state index >= 15 is 0 Å². The summed E-state index contributed by atoms with van der Waals surface area (Å²) in [6, 6.07) is 19.3. The molecule has 0 aliphatic heterocycles. The van der Waals surface area contributed by atoms with E-state index in [0.717, 1.165) is 18.0 Å². The third-order valence-electron chi connectivity index (χ3n) is 5.33. The summed E-state index contributed by atoms with van der Waals surface area (Å²) in [7, 11) is 0. The fourth-order valence-electron chi connectivity index (χ4n) is 3.59. The first-order chi connectivity index (χ1) is 16.9. The lowest BCUT2D eigenvalue weighted by Crippen LogP contribution is -2.23. The summed E-state index contributed by atoms with van der Waals surface area (Å²) in [4.78, 5) is 22.1. The number of fused-ring (bicyclic) bond motifs is 1. The number of para-hydroxylation sites is 1. The van der Waals surface area contributed by atoms with Gasteiger partial charge in [-0.25, -0.2) is 23.3 Å².